The van der Waals surface area contributed by atoms with Crippen molar-refractivity contribution < 1.29 is 9.90 Å². The first kappa shape index (κ1) is 15.7. The number of hydrogen-bond acceptors (Lipinski definition) is 1. The lowest BCUT2D eigenvalue weighted by atomic mass is 10.9. The van der Waals surface area contributed by atoms with Gasteiger partial charge in [0.1, 0.15) is 0 Å². The van der Waals surface area contributed by atoms with E-state index in [1.165, 1.54) is 14.1 Å². The Labute approximate surface area is 60.5 Å². The largest absolute Gasteiger partial charge is 0.465 e. The van der Waals surface area contributed by atoms with Crippen LogP contribution < -0.4 is 0 Å². The van der Waals surface area contributed by atoms with Crippen molar-refractivity contribution in [1.82, 2.24) is 4.90 Å². The molecule has 0 aliphatic carbocycles. The average molecular weight is 162 g/mol. The molecule has 0 aliphatic heterocycles. The molecule has 5 heteroatoms. The maximum absolute atomic E-state index is 9.62. The van der Waals surface area contributed by atoms with Gasteiger partial charge in [0.15, 0.2) is 0 Å². The first-order valence-electron chi connectivity index (χ1n) is 1.55. The van der Waals surface area contributed by atoms with Crippen LogP contribution in [0, 0.1) is 0 Å². The van der Waals surface area contributed by atoms with E-state index in [2.05, 4.69) is 0 Å². The van der Waals surface area contributed by atoms with Crippen LogP contribution in [0.25, 0.3) is 0 Å². The summed E-state index contributed by atoms with van der Waals surface area (Å²) in [6.45, 7) is 0. The van der Waals surface area contributed by atoms with Gasteiger partial charge in [0.2, 0.25) is 0 Å². The maximum Gasteiger partial charge on any atom is 0.406 e. The number of carbonyl (C=O) groups is 1. The van der Waals surface area contributed by atoms with Crippen LogP contribution in [0.15, 0.2) is 0 Å². The number of nitrogens with zero attached hydrogens (tertiary/aromatic N) is 1. The number of carboxylic acid groups (broad SMARTS) is 1. The summed E-state index contributed by atoms with van der Waals surface area (Å²) >= 11 is 0. The number of hydrogen-bond donors (Lipinski definition) is 1. The van der Waals surface area contributed by atoms with Crippen LogP contribution in [0.3, 0.4) is 0 Å². The van der Waals surface area contributed by atoms with Gasteiger partial charge in [0.05, 0.1) is 0 Å². The van der Waals surface area contributed by atoms with Crippen molar-refractivity contribution in [1.29, 1.82) is 0 Å². The molecular weight excluding hydrogens is 153 g/mol. The molecule has 0 fully saturated rings. The van der Waals surface area contributed by atoms with Crippen molar-refractivity contribution in [3.8, 4) is 0 Å². The van der Waals surface area contributed by atoms with Gasteiger partial charge in [-0.1, -0.05) is 0 Å². The van der Waals surface area contributed by atoms with Crippen LogP contribution in [0.2, 0.25) is 0 Å². The highest BCUT2D eigenvalue weighted by Gasteiger charge is 1.91. The van der Waals surface area contributed by atoms with Crippen molar-refractivity contribution >= 4 is 30.9 Å². The van der Waals surface area contributed by atoms with E-state index in [0.717, 1.165) is 4.90 Å². The third-order valence-corrected chi connectivity index (χ3v) is 0.383. The average Bonchev–Trinajstić information content (AvgIpc) is 1.36. The predicted octanol–water partition coefficient (Wildman–Crippen LogP) is 1.07. The summed E-state index contributed by atoms with van der Waals surface area (Å²) in [6, 6.07) is 0. The minimum atomic E-state index is -0.907. The third-order valence-electron chi connectivity index (χ3n) is 0.383. The molecule has 0 bridgehead atoms. The molecule has 1 N–H and O–H groups in total. The lowest BCUT2D eigenvalue weighted by molar-refractivity contribution is 0.165. The smallest absolute Gasteiger partial charge is 0.406 e. The monoisotopic (exact) mass is 161 g/mol. The number of amides is 1. The van der Waals surface area contributed by atoms with Crippen molar-refractivity contribution in [2.75, 3.05) is 14.1 Å². The molecule has 0 rings (SSSR count). The Hall–Kier alpha value is -0.150. The molecule has 0 atom stereocenters. The molecule has 0 saturated carbocycles. The highest BCUT2D eigenvalue weighted by molar-refractivity contribution is 5.85. The fourth-order valence-corrected chi connectivity index (χ4v) is 0. The second kappa shape index (κ2) is 6.85. The van der Waals surface area contributed by atoms with Crippen LogP contribution in [-0.4, -0.2) is 30.2 Å². The van der Waals surface area contributed by atoms with Gasteiger partial charge >= 0.3 is 6.09 Å². The van der Waals surface area contributed by atoms with Crippen molar-refractivity contribution in [3.63, 3.8) is 0 Å². The molecule has 0 radical (unpaired) electrons. The van der Waals surface area contributed by atoms with E-state index in [9.17, 15) is 4.79 Å². The fourth-order valence-electron chi connectivity index (χ4n) is 0. The van der Waals surface area contributed by atoms with Gasteiger partial charge in [0.25, 0.3) is 0 Å². The summed E-state index contributed by atoms with van der Waals surface area (Å²) in [4.78, 5) is 10.7. The van der Waals surface area contributed by atoms with Gasteiger partial charge in [0, 0.05) is 14.1 Å². The summed E-state index contributed by atoms with van der Waals surface area (Å²) < 4.78 is 0. The summed E-state index contributed by atoms with van der Waals surface area (Å²) in [6.07, 6.45) is -0.907. The zero-order chi connectivity index (χ0) is 5.15. The lowest BCUT2D eigenvalue weighted by Gasteiger charge is -1.99. The van der Waals surface area contributed by atoms with Gasteiger partial charge in [-0.15, -0.1) is 24.8 Å². The molecule has 0 heterocycles. The Kier molecular flexibility index (Phi) is 13.4. The minimum absolute atomic E-state index is 0. The lowest BCUT2D eigenvalue weighted by Crippen LogP contribution is -2.18. The number of rotatable bonds is 0. The SMILES string of the molecule is CN(C)C(=O)O.Cl.Cl. The van der Waals surface area contributed by atoms with Crippen LogP contribution in [0.4, 0.5) is 4.79 Å². The van der Waals surface area contributed by atoms with Gasteiger partial charge < -0.3 is 10.0 Å². The van der Waals surface area contributed by atoms with Gasteiger partial charge in [-0.05, 0) is 0 Å². The van der Waals surface area contributed by atoms with Gasteiger partial charge in [-0.3, -0.25) is 0 Å². The normalized spacial score (nSPS) is 5.75. The summed E-state index contributed by atoms with van der Waals surface area (Å²) in [5, 5.41) is 7.92. The Morgan fingerprint density at radius 2 is 1.50 bits per heavy atom. The topological polar surface area (TPSA) is 40.5 Å². The highest BCUT2D eigenvalue weighted by Crippen LogP contribution is 1.69. The minimum Gasteiger partial charge on any atom is -0.465 e. The first-order valence-corrected chi connectivity index (χ1v) is 1.55. The molecule has 3 nitrogen and oxygen atoms in total. The molecule has 0 aromatic carbocycles. The Morgan fingerprint density at radius 3 is 1.50 bits per heavy atom. The Balaban J connectivity index is -0.000000125. The molecule has 0 aromatic rings. The van der Waals surface area contributed by atoms with Crippen LogP contribution in [-0.2, 0) is 0 Å². The standard InChI is InChI=1S/C3H7NO2.2ClH/c1-4(2)3(5)6;;/h1-2H3,(H,5,6);2*1H. The van der Waals surface area contributed by atoms with Gasteiger partial charge in [-0.2, -0.15) is 0 Å². The molecule has 8 heavy (non-hydrogen) atoms. The Morgan fingerprint density at radius 1 is 1.38 bits per heavy atom. The van der Waals surface area contributed by atoms with E-state index in [4.69, 9.17) is 5.11 Å². The fraction of sp³-hybridized carbons (Fsp3) is 0.667. The second-order valence-electron chi connectivity index (χ2n) is 1.18. The molecule has 0 saturated heterocycles. The van der Waals surface area contributed by atoms with E-state index in [1.54, 1.807) is 0 Å². The predicted molar refractivity (Wildman–Crippen MR) is 36.2 cm³/mol. The zero-order valence-electron chi connectivity index (χ0n) is 4.62. The summed E-state index contributed by atoms with van der Waals surface area (Å²) in [7, 11) is 2.95. The van der Waals surface area contributed by atoms with E-state index in [-0.39, 0.29) is 24.8 Å². The van der Waals surface area contributed by atoms with Crippen molar-refractivity contribution in [2.45, 2.75) is 0 Å². The third kappa shape index (κ3) is 9.28. The van der Waals surface area contributed by atoms with Crippen LogP contribution >= 0.6 is 24.8 Å². The second-order valence-corrected chi connectivity index (χ2v) is 1.18. The zero-order valence-corrected chi connectivity index (χ0v) is 6.25. The quantitative estimate of drug-likeness (QED) is 0.578. The molecule has 0 aliphatic rings. The molecule has 1 amide bonds. The van der Waals surface area contributed by atoms with Crippen molar-refractivity contribution in [2.24, 2.45) is 0 Å². The molecule has 0 spiro atoms. The highest BCUT2D eigenvalue weighted by atomic mass is 35.5. The Bertz CT molecular complexity index is 66.3. The number of halogens is 2. The molecule has 0 unspecified atom stereocenters. The van der Waals surface area contributed by atoms with Crippen LogP contribution in [0.5, 0.6) is 0 Å². The molecular formula is C3H9Cl2NO2. The van der Waals surface area contributed by atoms with Crippen LogP contribution in [0.1, 0.15) is 0 Å². The summed E-state index contributed by atoms with van der Waals surface area (Å²) in [5.74, 6) is 0. The first-order chi connectivity index (χ1) is 2.64. The van der Waals surface area contributed by atoms with Gasteiger partial charge in [-0.25, -0.2) is 4.79 Å². The molecule has 0 aromatic heterocycles. The van der Waals surface area contributed by atoms with E-state index in [0.29, 0.717) is 0 Å². The van der Waals surface area contributed by atoms with E-state index < -0.39 is 6.09 Å². The summed E-state index contributed by atoms with van der Waals surface area (Å²) in [5.41, 5.74) is 0. The van der Waals surface area contributed by atoms with Crippen molar-refractivity contribution in [3.05, 3.63) is 0 Å². The van der Waals surface area contributed by atoms with E-state index in [1.807, 2.05) is 0 Å². The molecule has 52 valence electrons. The maximum atomic E-state index is 9.62. The van der Waals surface area contributed by atoms with E-state index >= 15 is 0 Å².